The largest absolute Gasteiger partial charge is 0.390 e. The van der Waals surface area contributed by atoms with Crippen LogP contribution in [0.15, 0.2) is 12.3 Å². The molecule has 0 aromatic carbocycles. The van der Waals surface area contributed by atoms with Crippen LogP contribution in [0.2, 0.25) is 0 Å². The maximum absolute atomic E-state index is 8.95. The Morgan fingerprint density at radius 2 is 2.42 bits per heavy atom. The number of hydrogen-bond acceptors (Lipinski definition) is 4. The van der Waals surface area contributed by atoms with Crippen LogP contribution in [0.4, 0.5) is 0 Å². The second kappa shape index (κ2) is 2.80. The van der Waals surface area contributed by atoms with Crippen LogP contribution in [0.1, 0.15) is 10.7 Å². The lowest BCUT2D eigenvalue weighted by Gasteiger charge is -1.93. The molecule has 2 rings (SSSR count). The summed E-state index contributed by atoms with van der Waals surface area (Å²) in [6.07, 6.45) is 1.70. The summed E-state index contributed by atoms with van der Waals surface area (Å²) in [7, 11) is 0. The van der Waals surface area contributed by atoms with E-state index in [1.807, 2.05) is 13.0 Å². The molecule has 0 aliphatic carbocycles. The smallest absolute Gasteiger partial charge is 0.105 e. The van der Waals surface area contributed by atoms with Gasteiger partial charge < -0.3 is 5.11 Å². The van der Waals surface area contributed by atoms with E-state index in [-0.39, 0.29) is 6.61 Å². The molecule has 0 fully saturated rings. The van der Waals surface area contributed by atoms with Gasteiger partial charge in [0, 0.05) is 6.20 Å². The van der Waals surface area contributed by atoms with Crippen LogP contribution in [0.5, 0.6) is 0 Å². The highest BCUT2D eigenvalue weighted by Crippen LogP contribution is 2.22. The fraction of sp³-hybridized carbons (Fsp3) is 0.250. The van der Waals surface area contributed by atoms with E-state index in [2.05, 4.69) is 9.97 Å². The Labute approximate surface area is 73.7 Å². The van der Waals surface area contributed by atoms with Crippen molar-refractivity contribution in [1.29, 1.82) is 0 Å². The molecular formula is C8H8N2OS. The van der Waals surface area contributed by atoms with Crippen molar-refractivity contribution in [2.75, 3.05) is 0 Å². The summed E-state index contributed by atoms with van der Waals surface area (Å²) in [5, 5.41) is 9.95. The summed E-state index contributed by atoms with van der Waals surface area (Å²) >= 11 is 1.62. The molecule has 0 saturated carbocycles. The van der Waals surface area contributed by atoms with Crippen LogP contribution < -0.4 is 0 Å². The lowest BCUT2D eigenvalue weighted by atomic mass is 10.3. The maximum atomic E-state index is 8.95. The summed E-state index contributed by atoms with van der Waals surface area (Å²) in [5.74, 6) is 0. The van der Waals surface area contributed by atoms with Gasteiger partial charge in [0.15, 0.2) is 0 Å². The van der Waals surface area contributed by atoms with Gasteiger partial charge in [-0.2, -0.15) is 0 Å². The number of hydrogen-bond donors (Lipinski definition) is 1. The van der Waals surface area contributed by atoms with E-state index in [1.165, 1.54) is 0 Å². The molecule has 0 spiro atoms. The lowest BCUT2D eigenvalue weighted by Crippen LogP contribution is -1.89. The van der Waals surface area contributed by atoms with Gasteiger partial charge in [-0.25, -0.2) is 4.98 Å². The summed E-state index contributed by atoms with van der Waals surface area (Å²) in [6, 6.07) is 1.92. The molecule has 2 aromatic rings. The van der Waals surface area contributed by atoms with E-state index in [9.17, 15) is 0 Å². The molecule has 4 heteroatoms. The lowest BCUT2D eigenvalue weighted by molar-refractivity contribution is 0.278. The van der Waals surface area contributed by atoms with Gasteiger partial charge in [0.25, 0.3) is 0 Å². The van der Waals surface area contributed by atoms with Crippen molar-refractivity contribution >= 4 is 21.6 Å². The number of thiazole rings is 1. The molecular weight excluding hydrogens is 172 g/mol. The highest BCUT2D eigenvalue weighted by atomic mass is 32.1. The third-order valence-corrected chi connectivity index (χ3v) is 2.58. The van der Waals surface area contributed by atoms with E-state index < -0.39 is 0 Å². The molecule has 0 aliphatic heterocycles. The van der Waals surface area contributed by atoms with Gasteiger partial charge in [0.05, 0.1) is 22.0 Å². The Morgan fingerprint density at radius 1 is 1.58 bits per heavy atom. The fourth-order valence-electron chi connectivity index (χ4n) is 1.13. The van der Waals surface area contributed by atoms with Crippen molar-refractivity contribution in [3.05, 3.63) is 23.0 Å². The second-order valence-corrected chi connectivity index (χ2v) is 3.73. The maximum Gasteiger partial charge on any atom is 0.105 e. The molecule has 3 nitrogen and oxygen atoms in total. The summed E-state index contributed by atoms with van der Waals surface area (Å²) < 4.78 is 1.09. The highest BCUT2D eigenvalue weighted by molar-refractivity contribution is 7.18. The minimum Gasteiger partial charge on any atom is -0.390 e. The van der Waals surface area contributed by atoms with Crippen LogP contribution in [-0.4, -0.2) is 15.1 Å². The minimum atomic E-state index is -0.0412. The normalized spacial score (nSPS) is 10.8. The number of aliphatic hydroxyl groups is 1. The number of fused-ring (bicyclic) bond motifs is 1. The molecule has 1 N–H and O–H groups in total. The third kappa shape index (κ3) is 1.09. The topological polar surface area (TPSA) is 46.0 Å². The van der Waals surface area contributed by atoms with Gasteiger partial charge in [0.2, 0.25) is 0 Å². The van der Waals surface area contributed by atoms with Crippen LogP contribution in [0.3, 0.4) is 0 Å². The van der Waals surface area contributed by atoms with E-state index in [1.54, 1.807) is 17.5 Å². The van der Waals surface area contributed by atoms with Gasteiger partial charge in [-0.05, 0) is 13.0 Å². The van der Waals surface area contributed by atoms with Crippen molar-refractivity contribution in [2.24, 2.45) is 0 Å². The van der Waals surface area contributed by atoms with Gasteiger partial charge in [0.1, 0.15) is 5.52 Å². The molecule has 2 aromatic heterocycles. The first kappa shape index (κ1) is 7.64. The SMILES string of the molecule is Cc1nc2c(CO)nccc2s1. The van der Waals surface area contributed by atoms with Gasteiger partial charge in [-0.1, -0.05) is 0 Å². The van der Waals surface area contributed by atoms with Crippen molar-refractivity contribution < 1.29 is 5.11 Å². The van der Waals surface area contributed by atoms with Crippen LogP contribution in [0, 0.1) is 6.92 Å². The van der Waals surface area contributed by atoms with E-state index in [0.717, 1.165) is 15.2 Å². The molecule has 0 radical (unpaired) electrons. The van der Waals surface area contributed by atoms with Crippen LogP contribution >= 0.6 is 11.3 Å². The molecule has 0 saturated heterocycles. The first-order valence-electron chi connectivity index (χ1n) is 3.63. The Morgan fingerprint density at radius 3 is 3.17 bits per heavy atom. The molecule has 2 heterocycles. The number of aliphatic hydroxyl groups excluding tert-OH is 1. The number of rotatable bonds is 1. The predicted molar refractivity (Wildman–Crippen MR) is 48.1 cm³/mol. The standard InChI is InChI=1S/C8H8N2OS/c1-5-10-8-6(4-11)9-3-2-7(8)12-5/h2-3,11H,4H2,1H3. The molecule has 12 heavy (non-hydrogen) atoms. The molecule has 62 valence electrons. The summed E-state index contributed by atoms with van der Waals surface area (Å²) in [5.41, 5.74) is 1.50. The summed E-state index contributed by atoms with van der Waals surface area (Å²) in [6.45, 7) is 1.91. The zero-order chi connectivity index (χ0) is 8.55. The van der Waals surface area contributed by atoms with Crippen molar-refractivity contribution in [3.8, 4) is 0 Å². The average molecular weight is 180 g/mol. The molecule has 0 unspecified atom stereocenters. The Hall–Kier alpha value is -1.00. The van der Waals surface area contributed by atoms with Gasteiger partial charge >= 0.3 is 0 Å². The van der Waals surface area contributed by atoms with Crippen LogP contribution in [-0.2, 0) is 6.61 Å². The van der Waals surface area contributed by atoms with Crippen molar-refractivity contribution in [3.63, 3.8) is 0 Å². The van der Waals surface area contributed by atoms with E-state index >= 15 is 0 Å². The number of nitrogens with zero attached hydrogens (tertiary/aromatic N) is 2. The van der Waals surface area contributed by atoms with Crippen molar-refractivity contribution in [1.82, 2.24) is 9.97 Å². The Balaban J connectivity index is 2.78. The van der Waals surface area contributed by atoms with E-state index in [4.69, 9.17) is 5.11 Å². The van der Waals surface area contributed by atoms with Gasteiger partial charge in [-0.3, -0.25) is 4.98 Å². The minimum absolute atomic E-state index is 0.0412. The van der Waals surface area contributed by atoms with Crippen molar-refractivity contribution in [2.45, 2.75) is 13.5 Å². The predicted octanol–water partition coefficient (Wildman–Crippen LogP) is 1.49. The number of aromatic nitrogens is 2. The monoisotopic (exact) mass is 180 g/mol. The first-order valence-corrected chi connectivity index (χ1v) is 4.45. The third-order valence-electron chi connectivity index (χ3n) is 1.64. The second-order valence-electron chi connectivity index (χ2n) is 2.50. The number of aryl methyl sites for hydroxylation is 1. The average Bonchev–Trinajstić information content (AvgIpc) is 2.44. The van der Waals surface area contributed by atoms with Crippen LogP contribution in [0.25, 0.3) is 10.2 Å². The molecule has 0 atom stereocenters. The number of pyridine rings is 1. The highest BCUT2D eigenvalue weighted by Gasteiger charge is 2.04. The first-order chi connectivity index (χ1) is 5.81. The molecule has 0 bridgehead atoms. The zero-order valence-electron chi connectivity index (χ0n) is 6.61. The fourth-order valence-corrected chi connectivity index (χ4v) is 1.98. The Kier molecular flexibility index (Phi) is 1.78. The molecule has 0 amide bonds. The van der Waals surface area contributed by atoms with Gasteiger partial charge in [-0.15, -0.1) is 11.3 Å². The zero-order valence-corrected chi connectivity index (χ0v) is 7.43. The molecule has 0 aliphatic rings. The summed E-state index contributed by atoms with van der Waals surface area (Å²) in [4.78, 5) is 8.31. The Bertz CT molecular complexity index is 410. The van der Waals surface area contributed by atoms with E-state index in [0.29, 0.717) is 5.69 Å². The quantitative estimate of drug-likeness (QED) is 0.723.